The first kappa shape index (κ1) is 38.2. The van der Waals surface area contributed by atoms with Gasteiger partial charge in [0.15, 0.2) is 0 Å². The first-order valence-electron chi connectivity index (χ1n) is 23.3. The zero-order chi connectivity index (χ0) is 44.7. The van der Waals surface area contributed by atoms with Gasteiger partial charge in [-0.05, 0) is 130 Å². The highest BCUT2D eigenvalue weighted by atomic mass is 15.2. The molecule has 2 aromatic heterocycles. The van der Waals surface area contributed by atoms with Crippen molar-refractivity contribution in [2.24, 2.45) is 0 Å². The van der Waals surface area contributed by atoms with Gasteiger partial charge in [-0.2, -0.15) is 0 Å². The third-order valence-electron chi connectivity index (χ3n) is 13.9. The Morgan fingerprint density at radius 2 is 0.647 bits per heavy atom. The molecule has 4 heteroatoms. The molecule has 0 bridgehead atoms. The van der Waals surface area contributed by atoms with Crippen LogP contribution in [0, 0.1) is 0 Å². The molecule has 0 aliphatic carbocycles. The van der Waals surface area contributed by atoms with E-state index in [1.54, 1.807) is 0 Å². The quantitative estimate of drug-likeness (QED) is 0.142. The Hall–Kier alpha value is -9.12. The van der Waals surface area contributed by atoms with Crippen LogP contribution in [0.4, 0.5) is 34.1 Å². The van der Waals surface area contributed by atoms with E-state index in [0.29, 0.717) is 0 Å². The van der Waals surface area contributed by atoms with Gasteiger partial charge in [0.1, 0.15) is 0 Å². The van der Waals surface area contributed by atoms with E-state index >= 15 is 0 Å². The van der Waals surface area contributed by atoms with Crippen LogP contribution in [0.5, 0.6) is 0 Å². The Bertz CT molecular complexity index is 4170. The fraction of sp³-hybridized carbons (Fsp3) is 0. The summed E-state index contributed by atoms with van der Waals surface area (Å²) in [4.78, 5) is 4.85. The second-order valence-electron chi connectivity index (χ2n) is 17.7. The van der Waals surface area contributed by atoms with Crippen LogP contribution in [0.15, 0.2) is 255 Å². The summed E-state index contributed by atoms with van der Waals surface area (Å²) in [5, 5.41) is 12.3. The van der Waals surface area contributed by atoms with Crippen LogP contribution in [-0.4, -0.2) is 9.13 Å². The lowest BCUT2D eigenvalue weighted by molar-refractivity contribution is 1.18. The summed E-state index contributed by atoms with van der Waals surface area (Å²) >= 11 is 0. The minimum absolute atomic E-state index is 1.10. The van der Waals surface area contributed by atoms with Crippen molar-refractivity contribution in [3.63, 3.8) is 0 Å². The second-order valence-corrected chi connectivity index (χ2v) is 17.7. The zero-order valence-electron chi connectivity index (χ0n) is 37.0. The summed E-state index contributed by atoms with van der Waals surface area (Å²) in [7, 11) is 0. The van der Waals surface area contributed by atoms with Gasteiger partial charge in [0.2, 0.25) is 0 Å². The predicted octanol–water partition coefficient (Wildman–Crippen LogP) is 17.7. The van der Waals surface area contributed by atoms with Crippen LogP contribution < -0.4 is 9.80 Å². The average molecular weight is 867 g/mol. The average Bonchev–Trinajstić information content (AvgIpc) is 3.92. The molecule has 12 aromatic carbocycles. The summed E-state index contributed by atoms with van der Waals surface area (Å²) in [5.74, 6) is 0. The fourth-order valence-electron chi connectivity index (χ4n) is 11.0. The van der Waals surface area contributed by atoms with E-state index in [9.17, 15) is 0 Å². The Kier molecular flexibility index (Phi) is 8.55. The van der Waals surface area contributed by atoms with Crippen LogP contribution in [0.2, 0.25) is 0 Å². The first-order valence-corrected chi connectivity index (χ1v) is 23.3. The highest BCUT2D eigenvalue weighted by Gasteiger charge is 2.23. The molecular weight excluding hydrogens is 825 g/mol. The van der Waals surface area contributed by atoms with Crippen LogP contribution in [0.1, 0.15) is 0 Å². The Morgan fingerprint density at radius 3 is 1.21 bits per heavy atom. The van der Waals surface area contributed by atoms with E-state index in [2.05, 4.69) is 274 Å². The molecule has 0 aliphatic heterocycles. The van der Waals surface area contributed by atoms with E-state index < -0.39 is 0 Å². The van der Waals surface area contributed by atoms with Gasteiger partial charge < -0.3 is 18.9 Å². The summed E-state index contributed by atoms with van der Waals surface area (Å²) in [5.41, 5.74) is 13.7. The largest absolute Gasteiger partial charge is 0.310 e. The molecular formula is C64H42N4. The molecule has 0 saturated heterocycles. The fourth-order valence-corrected chi connectivity index (χ4v) is 11.0. The number of anilines is 6. The van der Waals surface area contributed by atoms with Gasteiger partial charge in [0.25, 0.3) is 0 Å². The maximum atomic E-state index is 2.44. The molecule has 0 radical (unpaired) electrons. The van der Waals surface area contributed by atoms with Gasteiger partial charge in [-0.15, -0.1) is 0 Å². The minimum Gasteiger partial charge on any atom is -0.310 e. The summed E-state index contributed by atoms with van der Waals surface area (Å²) in [6.45, 7) is 0. The van der Waals surface area contributed by atoms with Crippen molar-refractivity contribution in [1.82, 2.24) is 9.13 Å². The van der Waals surface area contributed by atoms with Gasteiger partial charge in [0, 0.05) is 66.7 Å². The smallest absolute Gasteiger partial charge is 0.0561 e. The molecule has 4 nitrogen and oxygen atoms in total. The lowest BCUT2D eigenvalue weighted by Crippen LogP contribution is -2.11. The zero-order valence-corrected chi connectivity index (χ0v) is 37.0. The molecule has 0 saturated carbocycles. The number of hydrogen-bond donors (Lipinski definition) is 0. The SMILES string of the molecule is c1ccc(N(c2cc3ccc4ccc(N(c5ccccc5)c5ccc6c7ccccc7n(-c7ccccc7)c6c5)c5ccc(c2)c3c45)c2ccc3c4ccccc4n(-c4ccccc4)c3c2)cc1. The van der Waals surface area contributed by atoms with Crippen molar-refractivity contribution in [3.8, 4) is 11.4 Å². The van der Waals surface area contributed by atoms with Crippen LogP contribution in [0.3, 0.4) is 0 Å². The lowest BCUT2D eigenvalue weighted by Gasteiger charge is -2.29. The van der Waals surface area contributed by atoms with E-state index in [4.69, 9.17) is 0 Å². The lowest BCUT2D eigenvalue weighted by atomic mass is 9.92. The molecule has 2 heterocycles. The van der Waals surface area contributed by atoms with Gasteiger partial charge in [0.05, 0.1) is 27.8 Å². The second kappa shape index (κ2) is 15.2. The van der Waals surface area contributed by atoms with Crippen LogP contribution in [0.25, 0.3) is 87.3 Å². The number of fused-ring (bicyclic) bond motifs is 6. The summed E-state index contributed by atoms with van der Waals surface area (Å²) < 4.78 is 4.80. The molecule has 0 amide bonds. The number of benzene rings is 12. The Balaban J connectivity index is 0.960. The van der Waals surface area contributed by atoms with E-state index in [1.165, 1.54) is 75.9 Å². The third-order valence-corrected chi connectivity index (χ3v) is 13.9. The highest BCUT2D eigenvalue weighted by Crippen LogP contribution is 2.47. The van der Waals surface area contributed by atoms with Gasteiger partial charge in [-0.3, -0.25) is 0 Å². The molecule has 14 aromatic rings. The van der Waals surface area contributed by atoms with Crippen molar-refractivity contribution >= 4 is 110 Å². The predicted molar refractivity (Wildman–Crippen MR) is 288 cm³/mol. The standard InChI is InChI=1S/C64H42N4/c1-5-17-46(18-6-1)65(50-33-36-55-53-25-13-15-27-58(53)67(61(55)41-50)48-21-9-3-10-22-48)52-39-44-30-29-43-32-38-60(57-35-31-45(40-52)63(44)64(43)57)66(47-19-7-2-8-20-47)51-34-37-56-54-26-14-16-28-59(54)68(62(56)42-51)49-23-11-4-12-24-49/h1-42H. The van der Waals surface area contributed by atoms with Crippen molar-refractivity contribution in [2.45, 2.75) is 0 Å². The topological polar surface area (TPSA) is 16.3 Å². The van der Waals surface area contributed by atoms with Crippen molar-refractivity contribution < 1.29 is 0 Å². The van der Waals surface area contributed by atoms with Crippen LogP contribution in [-0.2, 0) is 0 Å². The third kappa shape index (κ3) is 5.87. The number of hydrogen-bond acceptors (Lipinski definition) is 2. The molecule has 0 aliphatic rings. The van der Waals surface area contributed by atoms with Gasteiger partial charge in [-0.25, -0.2) is 0 Å². The maximum absolute atomic E-state index is 2.44. The van der Waals surface area contributed by atoms with E-state index in [-0.39, 0.29) is 0 Å². The van der Waals surface area contributed by atoms with Crippen molar-refractivity contribution in [2.75, 3.05) is 9.80 Å². The van der Waals surface area contributed by atoms with Gasteiger partial charge in [-0.1, -0.05) is 152 Å². The Labute approximate surface area is 393 Å². The normalized spacial score (nSPS) is 11.8. The van der Waals surface area contributed by atoms with Crippen molar-refractivity contribution in [3.05, 3.63) is 255 Å². The highest BCUT2D eigenvalue weighted by molar-refractivity contribution is 6.27. The molecule has 0 unspecified atom stereocenters. The Morgan fingerprint density at radius 1 is 0.235 bits per heavy atom. The summed E-state index contributed by atoms with van der Waals surface area (Å²) in [6, 6.07) is 93.0. The van der Waals surface area contributed by atoms with E-state index in [1.807, 2.05) is 0 Å². The molecule has 14 rings (SSSR count). The maximum Gasteiger partial charge on any atom is 0.0561 e. The van der Waals surface area contributed by atoms with Crippen molar-refractivity contribution in [1.29, 1.82) is 0 Å². The number of para-hydroxylation sites is 6. The molecule has 318 valence electrons. The molecule has 0 N–H and O–H groups in total. The number of aromatic nitrogens is 2. The minimum atomic E-state index is 1.10. The number of rotatable bonds is 8. The molecule has 68 heavy (non-hydrogen) atoms. The van der Waals surface area contributed by atoms with Gasteiger partial charge >= 0.3 is 0 Å². The molecule has 0 atom stereocenters. The summed E-state index contributed by atoms with van der Waals surface area (Å²) in [6.07, 6.45) is 0. The van der Waals surface area contributed by atoms with E-state index in [0.717, 1.165) is 45.5 Å². The number of nitrogens with zero attached hydrogens (tertiary/aromatic N) is 4. The molecule has 0 fully saturated rings. The van der Waals surface area contributed by atoms with Crippen LogP contribution >= 0.6 is 0 Å². The molecule has 0 spiro atoms. The monoisotopic (exact) mass is 866 g/mol. The first-order chi connectivity index (χ1) is 33.7.